The number of halogens is 1. The van der Waals surface area contributed by atoms with Crippen LogP contribution in [0.2, 0.25) is 5.02 Å². The molecule has 0 spiro atoms. The Kier molecular flexibility index (Phi) is 4.80. The summed E-state index contributed by atoms with van der Waals surface area (Å²) in [6.45, 7) is 5.92. The monoisotopic (exact) mass is 282 g/mol. The number of rotatable bonds is 6. The Morgan fingerprint density at radius 3 is 2.95 bits per heavy atom. The molecule has 0 saturated carbocycles. The molecule has 0 bridgehead atoms. The predicted molar refractivity (Wildman–Crippen MR) is 76.5 cm³/mol. The van der Waals surface area contributed by atoms with E-state index < -0.39 is 6.10 Å². The van der Waals surface area contributed by atoms with E-state index >= 15 is 0 Å². The zero-order chi connectivity index (χ0) is 13.8. The van der Waals surface area contributed by atoms with Crippen molar-refractivity contribution < 1.29 is 9.84 Å². The molecule has 104 valence electrons. The van der Waals surface area contributed by atoms with Gasteiger partial charge in [0.05, 0.1) is 11.0 Å². The number of benzene rings is 1. The Labute approximate surface area is 118 Å². The van der Waals surface area contributed by atoms with E-state index in [1.807, 2.05) is 29.7 Å². The van der Waals surface area contributed by atoms with E-state index in [9.17, 15) is 5.11 Å². The van der Waals surface area contributed by atoms with Crippen molar-refractivity contribution in [2.24, 2.45) is 0 Å². The molecule has 1 heterocycles. The van der Waals surface area contributed by atoms with E-state index in [1.165, 1.54) is 0 Å². The van der Waals surface area contributed by atoms with Gasteiger partial charge in [0.15, 0.2) is 0 Å². The van der Waals surface area contributed by atoms with Crippen molar-refractivity contribution in [3.8, 4) is 0 Å². The van der Waals surface area contributed by atoms with Crippen LogP contribution in [0.3, 0.4) is 0 Å². The van der Waals surface area contributed by atoms with Gasteiger partial charge in [-0.25, -0.2) is 4.98 Å². The summed E-state index contributed by atoms with van der Waals surface area (Å²) >= 11 is 5.97. The van der Waals surface area contributed by atoms with Crippen LogP contribution in [0, 0.1) is 0 Å². The van der Waals surface area contributed by atoms with Crippen LogP contribution >= 0.6 is 11.6 Å². The zero-order valence-corrected chi connectivity index (χ0v) is 12.0. The largest absolute Gasteiger partial charge is 0.385 e. The van der Waals surface area contributed by atoms with E-state index in [0.29, 0.717) is 17.5 Å². The van der Waals surface area contributed by atoms with Gasteiger partial charge in [-0.3, -0.25) is 0 Å². The summed E-state index contributed by atoms with van der Waals surface area (Å²) in [7, 11) is 0. The normalized spacial score (nSPS) is 13.1. The van der Waals surface area contributed by atoms with Gasteiger partial charge in [-0.1, -0.05) is 11.6 Å². The second-order valence-corrected chi connectivity index (χ2v) is 4.92. The molecule has 0 aliphatic rings. The molecule has 1 aromatic carbocycles. The van der Waals surface area contributed by atoms with Crippen molar-refractivity contribution >= 4 is 22.6 Å². The summed E-state index contributed by atoms with van der Waals surface area (Å²) < 4.78 is 7.38. The van der Waals surface area contributed by atoms with Gasteiger partial charge in [-0.2, -0.15) is 0 Å². The van der Waals surface area contributed by atoms with Crippen molar-refractivity contribution in [3.63, 3.8) is 0 Å². The van der Waals surface area contributed by atoms with Crippen LogP contribution in [-0.2, 0) is 11.3 Å². The highest BCUT2D eigenvalue weighted by Gasteiger charge is 2.14. The van der Waals surface area contributed by atoms with Crippen LogP contribution in [0.1, 0.15) is 32.2 Å². The number of nitrogens with zero attached hydrogens (tertiary/aromatic N) is 2. The van der Waals surface area contributed by atoms with Crippen LogP contribution in [0.25, 0.3) is 11.0 Å². The molecule has 0 radical (unpaired) electrons. The maximum absolute atomic E-state index is 9.83. The summed E-state index contributed by atoms with van der Waals surface area (Å²) in [6, 6.07) is 5.61. The van der Waals surface area contributed by atoms with Gasteiger partial charge in [-0.15, -0.1) is 0 Å². The number of aromatic nitrogens is 2. The Morgan fingerprint density at radius 2 is 2.26 bits per heavy atom. The molecule has 0 saturated heterocycles. The minimum absolute atomic E-state index is 0.599. The Balaban J connectivity index is 2.30. The second-order valence-electron chi connectivity index (χ2n) is 4.48. The molecular weight excluding hydrogens is 264 g/mol. The van der Waals surface area contributed by atoms with Crippen LogP contribution in [0.15, 0.2) is 18.2 Å². The highest BCUT2D eigenvalue weighted by Crippen LogP contribution is 2.24. The van der Waals surface area contributed by atoms with Crippen molar-refractivity contribution in [1.82, 2.24) is 9.55 Å². The molecule has 0 aliphatic carbocycles. The molecule has 0 fully saturated rings. The van der Waals surface area contributed by atoms with Crippen molar-refractivity contribution in [2.75, 3.05) is 13.2 Å². The van der Waals surface area contributed by atoms with E-state index in [2.05, 4.69) is 4.98 Å². The van der Waals surface area contributed by atoms with Crippen molar-refractivity contribution in [2.45, 2.75) is 32.9 Å². The lowest BCUT2D eigenvalue weighted by Gasteiger charge is -2.10. The Bertz CT molecular complexity index is 552. The molecule has 5 heteroatoms. The topological polar surface area (TPSA) is 47.3 Å². The number of imidazole rings is 1. The lowest BCUT2D eigenvalue weighted by atomic mass is 10.3. The molecule has 2 rings (SSSR count). The van der Waals surface area contributed by atoms with Crippen LogP contribution in [0.4, 0.5) is 0 Å². The zero-order valence-electron chi connectivity index (χ0n) is 11.3. The summed E-state index contributed by atoms with van der Waals surface area (Å²) in [5, 5.41) is 10.5. The minimum atomic E-state index is -0.599. The van der Waals surface area contributed by atoms with Crippen LogP contribution in [0.5, 0.6) is 0 Å². The summed E-state index contributed by atoms with van der Waals surface area (Å²) in [4.78, 5) is 4.46. The van der Waals surface area contributed by atoms with Gasteiger partial charge in [-0.05, 0) is 38.5 Å². The molecule has 1 aromatic heterocycles. The molecule has 0 unspecified atom stereocenters. The Hall–Kier alpha value is -1.10. The first-order valence-corrected chi connectivity index (χ1v) is 6.92. The third-order valence-corrected chi connectivity index (χ3v) is 3.22. The van der Waals surface area contributed by atoms with Gasteiger partial charge in [0.1, 0.15) is 11.9 Å². The summed E-state index contributed by atoms with van der Waals surface area (Å²) in [5.74, 6) is 0.675. The van der Waals surface area contributed by atoms with Crippen LogP contribution < -0.4 is 0 Å². The van der Waals surface area contributed by atoms with E-state index in [4.69, 9.17) is 16.3 Å². The third kappa shape index (κ3) is 3.26. The van der Waals surface area contributed by atoms with E-state index in [0.717, 1.165) is 30.6 Å². The molecule has 2 aromatic rings. The molecule has 1 N–H and O–H groups in total. The maximum Gasteiger partial charge on any atom is 0.138 e. The number of aryl methyl sites for hydroxylation is 1. The first kappa shape index (κ1) is 14.3. The van der Waals surface area contributed by atoms with Crippen LogP contribution in [-0.4, -0.2) is 27.9 Å². The number of hydrogen-bond donors (Lipinski definition) is 1. The summed E-state index contributed by atoms with van der Waals surface area (Å²) in [6.07, 6.45) is 0.292. The molecular formula is C14H19ClN2O2. The fourth-order valence-corrected chi connectivity index (χ4v) is 2.31. The van der Waals surface area contributed by atoms with Gasteiger partial charge >= 0.3 is 0 Å². The maximum atomic E-state index is 9.83. The average Bonchev–Trinajstić information content (AvgIpc) is 2.72. The predicted octanol–water partition coefficient (Wildman–Crippen LogP) is 3.17. The number of fused-ring (bicyclic) bond motifs is 1. The van der Waals surface area contributed by atoms with Gasteiger partial charge in [0.2, 0.25) is 0 Å². The number of ether oxygens (including phenoxy) is 1. The Morgan fingerprint density at radius 1 is 1.47 bits per heavy atom. The second kappa shape index (κ2) is 6.37. The first-order chi connectivity index (χ1) is 9.13. The molecule has 0 aliphatic heterocycles. The fourth-order valence-electron chi connectivity index (χ4n) is 2.14. The molecule has 0 amide bonds. The van der Waals surface area contributed by atoms with Gasteiger partial charge < -0.3 is 14.4 Å². The third-order valence-electron chi connectivity index (χ3n) is 2.99. The van der Waals surface area contributed by atoms with E-state index in [-0.39, 0.29) is 0 Å². The SMILES string of the molecule is CCOCCCn1c([C@@H](C)O)nc2cc(Cl)ccc21. The van der Waals surface area contributed by atoms with Gasteiger partial charge in [0, 0.05) is 24.8 Å². The summed E-state index contributed by atoms with van der Waals surface area (Å²) in [5.41, 5.74) is 1.82. The van der Waals surface area contributed by atoms with E-state index in [1.54, 1.807) is 6.92 Å². The number of aliphatic hydroxyl groups is 1. The average molecular weight is 283 g/mol. The fraction of sp³-hybridized carbons (Fsp3) is 0.500. The highest BCUT2D eigenvalue weighted by atomic mass is 35.5. The lowest BCUT2D eigenvalue weighted by molar-refractivity contribution is 0.139. The number of aliphatic hydroxyl groups excluding tert-OH is 1. The number of hydrogen-bond acceptors (Lipinski definition) is 3. The quantitative estimate of drug-likeness (QED) is 0.828. The standard InChI is InChI=1S/C14H19ClN2O2/c1-3-19-8-4-7-17-13-6-5-11(15)9-12(13)16-14(17)10(2)18/h5-6,9-10,18H,3-4,7-8H2,1-2H3/t10-/m1/s1. The first-order valence-electron chi connectivity index (χ1n) is 6.55. The van der Waals surface area contributed by atoms with Gasteiger partial charge in [0.25, 0.3) is 0 Å². The molecule has 4 nitrogen and oxygen atoms in total. The van der Waals surface area contributed by atoms with Crippen molar-refractivity contribution in [1.29, 1.82) is 0 Å². The lowest BCUT2D eigenvalue weighted by Crippen LogP contribution is -2.09. The highest BCUT2D eigenvalue weighted by molar-refractivity contribution is 6.31. The smallest absolute Gasteiger partial charge is 0.138 e. The molecule has 1 atom stereocenters. The van der Waals surface area contributed by atoms with Crippen molar-refractivity contribution in [3.05, 3.63) is 29.0 Å². The molecule has 19 heavy (non-hydrogen) atoms. The minimum Gasteiger partial charge on any atom is -0.385 e.